The monoisotopic (exact) mass is 230 g/mol. The van der Waals surface area contributed by atoms with Crippen LogP contribution in [0.5, 0.6) is 0 Å². The molecule has 0 aliphatic carbocycles. The van der Waals surface area contributed by atoms with Crippen molar-refractivity contribution in [2.24, 2.45) is 5.73 Å². The average Bonchev–Trinajstić information content (AvgIpc) is 2.23. The Morgan fingerprint density at radius 3 is 2.38 bits per heavy atom. The second-order valence-electron chi connectivity index (χ2n) is 3.90. The summed E-state index contributed by atoms with van der Waals surface area (Å²) >= 11 is 0. The van der Waals surface area contributed by atoms with Crippen molar-refractivity contribution in [1.82, 2.24) is 4.90 Å². The Hall–Kier alpha value is -1.10. The van der Waals surface area contributed by atoms with E-state index in [2.05, 4.69) is 0 Å². The molecule has 0 heterocycles. The maximum Gasteiger partial charge on any atom is 0.323 e. The van der Waals surface area contributed by atoms with Crippen molar-refractivity contribution < 1.29 is 14.7 Å². The SMILES string of the molecule is CCCCC(N)C(=O)N(CCC)CC(=O)O. The molecule has 0 fully saturated rings. The van der Waals surface area contributed by atoms with Crippen LogP contribution in [-0.4, -0.2) is 41.0 Å². The van der Waals surface area contributed by atoms with Crippen LogP contribution in [0.2, 0.25) is 0 Å². The predicted molar refractivity (Wildman–Crippen MR) is 62.0 cm³/mol. The zero-order valence-corrected chi connectivity index (χ0v) is 10.1. The fourth-order valence-corrected chi connectivity index (χ4v) is 1.48. The summed E-state index contributed by atoms with van der Waals surface area (Å²) in [7, 11) is 0. The van der Waals surface area contributed by atoms with Gasteiger partial charge in [-0.3, -0.25) is 9.59 Å². The van der Waals surface area contributed by atoms with Crippen LogP contribution in [-0.2, 0) is 9.59 Å². The topological polar surface area (TPSA) is 83.6 Å². The van der Waals surface area contributed by atoms with Crippen molar-refractivity contribution in [2.75, 3.05) is 13.1 Å². The summed E-state index contributed by atoms with van der Waals surface area (Å²) in [6.45, 7) is 4.12. The highest BCUT2D eigenvalue weighted by Crippen LogP contribution is 2.03. The van der Waals surface area contributed by atoms with Crippen molar-refractivity contribution in [1.29, 1.82) is 0 Å². The van der Waals surface area contributed by atoms with E-state index in [1.165, 1.54) is 4.90 Å². The lowest BCUT2D eigenvalue weighted by atomic mass is 10.1. The van der Waals surface area contributed by atoms with Crippen LogP contribution in [0, 0.1) is 0 Å². The highest BCUT2D eigenvalue weighted by Gasteiger charge is 2.21. The Morgan fingerprint density at radius 2 is 1.94 bits per heavy atom. The van der Waals surface area contributed by atoms with Gasteiger partial charge in [0.25, 0.3) is 0 Å². The molecule has 0 radical (unpaired) electrons. The Labute approximate surface area is 96.6 Å². The third-order valence-corrected chi connectivity index (χ3v) is 2.32. The molecule has 0 spiro atoms. The lowest BCUT2D eigenvalue weighted by molar-refractivity contribution is -0.145. The zero-order valence-electron chi connectivity index (χ0n) is 10.1. The molecule has 0 rings (SSSR count). The van der Waals surface area contributed by atoms with Crippen LogP contribution in [0.4, 0.5) is 0 Å². The number of carboxylic acids is 1. The first-order valence-electron chi connectivity index (χ1n) is 5.79. The zero-order chi connectivity index (χ0) is 12.6. The number of hydrogen-bond acceptors (Lipinski definition) is 3. The van der Waals surface area contributed by atoms with E-state index < -0.39 is 12.0 Å². The van der Waals surface area contributed by atoms with Gasteiger partial charge in [0.05, 0.1) is 6.04 Å². The quantitative estimate of drug-likeness (QED) is 0.647. The van der Waals surface area contributed by atoms with Gasteiger partial charge in [-0.2, -0.15) is 0 Å². The summed E-state index contributed by atoms with van der Waals surface area (Å²) < 4.78 is 0. The molecule has 1 atom stereocenters. The first-order chi connectivity index (χ1) is 7.52. The first kappa shape index (κ1) is 14.9. The normalized spacial score (nSPS) is 12.2. The Balaban J connectivity index is 4.29. The predicted octanol–water partition coefficient (Wildman–Crippen LogP) is 0.827. The maximum atomic E-state index is 11.8. The largest absolute Gasteiger partial charge is 0.480 e. The molecule has 0 aromatic carbocycles. The fourth-order valence-electron chi connectivity index (χ4n) is 1.48. The van der Waals surface area contributed by atoms with E-state index in [4.69, 9.17) is 10.8 Å². The first-order valence-corrected chi connectivity index (χ1v) is 5.79. The number of hydrogen-bond donors (Lipinski definition) is 2. The molecule has 0 aliphatic rings. The minimum Gasteiger partial charge on any atom is -0.480 e. The van der Waals surface area contributed by atoms with Gasteiger partial charge in [0.2, 0.25) is 5.91 Å². The number of amides is 1. The summed E-state index contributed by atoms with van der Waals surface area (Å²) in [6.07, 6.45) is 3.22. The lowest BCUT2D eigenvalue weighted by Crippen LogP contribution is -2.46. The van der Waals surface area contributed by atoms with Crippen LogP contribution in [0.15, 0.2) is 0 Å². The Kier molecular flexibility index (Phi) is 7.54. The third kappa shape index (κ3) is 5.70. The van der Waals surface area contributed by atoms with Crippen molar-refractivity contribution in [3.63, 3.8) is 0 Å². The summed E-state index contributed by atoms with van der Waals surface area (Å²) in [5.74, 6) is -1.25. The molecule has 1 unspecified atom stereocenters. The number of aliphatic carboxylic acids is 1. The van der Waals surface area contributed by atoms with E-state index in [0.717, 1.165) is 19.3 Å². The van der Waals surface area contributed by atoms with Gasteiger partial charge in [-0.25, -0.2) is 0 Å². The van der Waals surface area contributed by atoms with Crippen LogP contribution < -0.4 is 5.73 Å². The Morgan fingerprint density at radius 1 is 1.31 bits per heavy atom. The van der Waals surface area contributed by atoms with Crippen LogP contribution in [0.3, 0.4) is 0 Å². The average molecular weight is 230 g/mol. The van der Waals surface area contributed by atoms with Gasteiger partial charge >= 0.3 is 5.97 Å². The molecule has 0 saturated carbocycles. The molecule has 94 valence electrons. The summed E-state index contributed by atoms with van der Waals surface area (Å²) in [5, 5.41) is 8.68. The number of carbonyl (C=O) groups excluding carboxylic acids is 1. The van der Waals surface area contributed by atoms with Gasteiger partial charge < -0.3 is 15.7 Å². The van der Waals surface area contributed by atoms with Crippen molar-refractivity contribution >= 4 is 11.9 Å². The number of carbonyl (C=O) groups is 2. The summed E-state index contributed by atoms with van der Waals surface area (Å²) in [6, 6.07) is -0.564. The number of carboxylic acid groups (broad SMARTS) is 1. The van der Waals surface area contributed by atoms with Crippen molar-refractivity contribution in [2.45, 2.75) is 45.6 Å². The van der Waals surface area contributed by atoms with Crippen LogP contribution in [0.1, 0.15) is 39.5 Å². The molecule has 5 nitrogen and oxygen atoms in total. The molecule has 16 heavy (non-hydrogen) atoms. The molecule has 0 bridgehead atoms. The number of unbranched alkanes of at least 4 members (excludes halogenated alkanes) is 1. The Bertz CT molecular complexity index is 231. The molecule has 0 aromatic rings. The summed E-state index contributed by atoms with van der Waals surface area (Å²) in [4.78, 5) is 23.7. The van der Waals surface area contributed by atoms with Gasteiger partial charge in [-0.1, -0.05) is 26.7 Å². The van der Waals surface area contributed by atoms with Crippen LogP contribution >= 0.6 is 0 Å². The minimum atomic E-state index is -0.996. The van der Waals surface area contributed by atoms with E-state index in [-0.39, 0.29) is 12.5 Å². The number of nitrogens with two attached hydrogens (primary N) is 1. The van der Waals surface area contributed by atoms with Gasteiger partial charge in [-0.05, 0) is 12.8 Å². The van der Waals surface area contributed by atoms with Gasteiger partial charge in [0, 0.05) is 6.54 Å². The molecular weight excluding hydrogens is 208 g/mol. The van der Waals surface area contributed by atoms with Gasteiger partial charge in [0.1, 0.15) is 6.54 Å². The highest BCUT2D eigenvalue weighted by atomic mass is 16.4. The molecule has 1 amide bonds. The third-order valence-electron chi connectivity index (χ3n) is 2.32. The fraction of sp³-hybridized carbons (Fsp3) is 0.818. The highest BCUT2D eigenvalue weighted by molar-refractivity contribution is 5.85. The molecule has 3 N–H and O–H groups in total. The van der Waals surface area contributed by atoms with Crippen molar-refractivity contribution in [3.8, 4) is 0 Å². The second kappa shape index (κ2) is 8.10. The summed E-state index contributed by atoms with van der Waals surface area (Å²) in [5.41, 5.74) is 5.73. The van der Waals surface area contributed by atoms with E-state index in [9.17, 15) is 9.59 Å². The standard InChI is InChI=1S/C11H22N2O3/c1-3-5-6-9(12)11(16)13(7-4-2)8-10(14)15/h9H,3-8,12H2,1-2H3,(H,14,15). The van der Waals surface area contributed by atoms with Crippen molar-refractivity contribution in [3.05, 3.63) is 0 Å². The van der Waals surface area contributed by atoms with E-state index in [1.807, 2.05) is 13.8 Å². The van der Waals surface area contributed by atoms with Crippen LogP contribution in [0.25, 0.3) is 0 Å². The van der Waals surface area contributed by atoms with E-state index in [0.29, 0.717) is 13.0 Å². The van der Waals surface area contributed by atoms with Gasteiger partial charge in [-0.15, -0.1) is 0 Å². The number of nitrogens with zero attached hydrogens (tertiary/aromatic N) is 1. The molecular formula is C11H22N2O3. The molecule has 0 saturated heterocycles. The van der Waals surface area contributed by atoms with E-state index >= 15 is 0 Å². The molecule has 0 aliphatic heterocycles. The smallest absolute Gasteiger partial charge is 0.323 e. The lowest BCUT2D eigenvalue weighted by Gasteiger charge is -2.23. The van der Waals surface area contributed by atoms with E-state index in [1.54, 1.807) is 0 Å². The second-order valence-corrected chi connectivity index (χ2v) is 3.90. The van der Waals surface area contributed by atoms with Gasteiger partial charge in [0.15, 0.2) is 0 Å². The minimum absolute atomic E-state index is 0.252. The maximum absolute atomic E-state index is 11.8. The molecule has 5 heteroatoms. The number of rotatable bonds is 8. The molecule has 0 aromatic heterocycles.